The summed E-state index contributed by atoms with van der Waals surface area (Å²) in [5, 5.41) is 18.4. The first-order valence-electron chi connectivity index (χ1n) is 10.7. The van der Waals surface area contributed by atoms with E-state index in [-0.39, 0.29) is 18.2 Å². The Hall–Kier alpha value is -3.16. The van der Waals surface area contributed by atoms with E-state index in [0.29, 0.717) is 49.9 Å². The number of nitrogens with one attached hydrogen (secondary N) is 1. The van der Waals surface area contributed by atoms with Gasteiger partial charge in [-0.25, -0.2) is 4.98 Å². The standard InChI is InChI=1S/C21H23N7O3/c1-12-8-29-11-18(12)28-14(5-22)4-13-6-23-21(25-19(13)28)24-17-7-27(15-9-30-10-15)26-20(17)31-16-2-3-16/h4,6-7,12,15-16,18H,2-3,8-11H2,1H3,(H,23,24,25)/t12-,18-/m0/s1. The van der Waals surface area contributed by atoms with Gasteiger partial charge >= 0.3 is 0 Å². The van der Waals surface area contributed by atoms with Crippen molar-refractivity contribution < 1.29 is 14.2 Å². The van der Waals surface area contributed by atoms with Crippen LogP contribution >= 0.6 is 0 Å². The van der Waals surface area contributed by atoms with E-state index in [1.54, 1.807) is 6.20 Å². The van der Waals surface area contributed by atoms with E-state index in [0.717, 1.165) is 29.6 Å². The number of ether oxygens (including phenoxy) is 3. The van der Waals surface area contributed by atoms with Crippen LogP contribution in [-0.4, -0.2) is 56.8 Å². The Labute approximate surface area is 178 Å². The smallest absolute Gasteiger partial charge is 0.257 e. The number of aromatic nitrogens is 5. The highest BCUT2D eigenvalue weighted by Gasteiger charge is 2.31. The highest BCUT2D eigenvalue weighted by molar-refractivity contribution is 5.79. The largest absolute Gasteiger partial charge is 0.472 e. The first-order chi connectivity index (χ1) is 15.2. The van der Waals surface area contributed by atoms with Crippen LogP contribution in [0.3, 0.4) is 0 Å². The number of hydrogen-bond donors (Lipinski definition) is 1. The van der Waals surface area contributed by atoms with Crippen LogP contribution in [0, 0.1) is 17.2 Å². The molecule has 0 bridgehead atoms. The van der Waals surface area contributed by atoms with Crippen LogP contribution in [0.1, 0.15) is 37.5 Å². The molecule has 0 spiro atoms. The lowest BCUT2D eigenvalue weighted by molar-refractivity contribution is -0.0290. The molecule has 0 radical (unpaired) electrons. The van der Waals surface area contributed by atoms with E-state index in [4.69, 9.17) is 19.2 Å². The minimum atomic E-state index is 0.0741. The summed E-state index contributed by atoms with van der Waals surface area (Å²) in [4.78, 5) is 9.23. The Morgan fingerprint density at radius 2 is 2.06 bits per heavy atom. The second kappa shape index (κ2) is 7.21. The monoisotopic (exact) mass is 421 g/mol. The average Bonchev–Trinajstić information content (AvgIpc) is 3.14. The van der Waals surface area contributed by atoms with Crippen molar-refractivity contribution in [2.45, 2.75) is 38.0 Å². The summed E-state index contributed by atoms with van der Waals surface area (Å²) in [6, 6.07) is 4.42. The Kier molecular flexibility index (Phi) is 4.33. The van der Waals surface area contributed by atoms with Crippen LogP contribution in [0.15, 0.2) is 18.5 Å². The molecule has 160 valence electrons. The van der Waals surface area contributed by atoms with Gasteiger partial charge < -0.3 is 24.1 Å². The summed E-state index contributed by atoms with van der Waals surface area (Å²) in [7, 11) is 0. The zero-order valence-electron chi connectivity index (χ0n) is 17.2. The molecule has 6 rings (SSSR count). The second-order valence-corrected chi connectivity index (χ2v) is 8.53. The van der Waals surface area contributed by atoms with Crippen molar-refractivity contribution in [3.63, 3.8) is 0 Å². The van der Waals surface area contributed by atoms with Gasteiger partial charge in [0, 0.05) is 17.5 Å². The van der Waals surface area contributed by atoms with Crippen molar-refractivity contribution in [2.24, 2.45) is 5.92 Å². The predicted octanol–water partition coefficient (Wildman–Crippen LogP) is 2.56. The number of nitrogens with zero attached hydrogens (tertiary/aromatic N) is 6. The number of rotatable bonds is 6. The lowest BCUT2D eigenvalue weighted by Crippen LogP contribution is -2.30. The molecule has 1 aliphatic carbocycles. The molecule has 3 aromatic rings. The third kappa shape index (κ3) is 3.30. The van der Waals surface area contributed by atoms with Crippen molar-refractivity contribution in [3.8, 4) is 11.9 Å². The van der Waals surface area contributed by atoms with E-state index in [1.807, 2.05) is 21.5 Å². The zero-order chi connectivity index (χ0) is 20.9. The maximum atomic E-state index is 9.67. The van der Waals surface area contributed by atoms with Crippen LogP contribution in [0.2, 0.25) is 0 Å². The van der Waals surface area contributed by atoms with Gasteiger partial charge in [0.25, 0.3) is 5.88 Å². The third-order valence-electron chi connectivity index (χ3n) is 6.09. The molecular formula is C21H23N7O3. The van der Waals surface area contributed by atoms with Crippen molar-refractivity contribution >= 4 is 22.7 Å². The Morgan fingerprint density at radius 1 is 1.23 bits per heavy atom. The molecule has 1 N–H and O–H groups in total. The molecular weight excluding hydrogens is 398 g/mol. The molecule has 3 aliphatic rings. The highest BCUT2D eigenvalue weighted by Crippen LogP contribution is 2.35. The maximum absolute atomic E-state index is 9.67. The van der Waals surface area contributed by atoms with Gasteiger partial charge in [-0.2, -0.15) is 10.2 Å². The Morgan fingerprint density at radius 3 is 2.74 bits per heavy atom. The molecule has 2 aliphatic heterocycles. The van der Waals surface area contributed by atoms with Crippen molar-refractivity contribution in [2.75, 3.05) is 31.7 Å². The van der Waals surface area contributed by atoms with Gasteiger partial charge in [0.05, 0.1) is 44.7 Å². The zero-order valence-corrected chi connectivity index (χ0v) is 17.2. The van der Waals surface area contributed by atoms with E-state index < -0.39 is 0 Å². The van der Waals surface area contributed by atoms with Gasteiger partial charge in [0.2, 0.25) is 5.95 Å². The minimum absolute atomic E-state index is 0.0741. The van der Waals surface area contributed by atoms with Gasteiger partial charge in [0.1, 0.15) is 29.2 Å². The van der Waals surface area contributed by atoms with Crippen molar-refractivity contribution in [3.05, 3.63) is 24.2 Å². The van der Waals surface area contributed by atoms with Gasteiger partial charge in [-0.05, 0) is 18.9 Å². The van der Waals surface area contributed by atoms with Gasteiger partial charge in [0.15, 0.2) is 0 Å². The summed E-state index contributed by atoms with van der Waals surface area (Å²) in [6.07, 6.45) is 5.99. The van der Waals surface area contributed by atoms with Crippen LogP contribution < -0.4 is 10.1 Å². The van der Waals surface area contributed by atoms with E-state index in [2.05, 4.69) is 28.4 Å². The molecule has 31 heavy (non-hydrogen) atoms. The molecule has 3 fully saturated rings. The van der Waals surface area contributed by atoms with Gasteiger partial charge in [-0.1, -0.05) is 6.92 Å². The summed E-state index contributed by atoms with van der Waals surface area (Å²) in [5.41, 5.74) is 2.02. The van der Waals surface area contributed by atoms with Crippen LogP contribution in [-0.2, 0) is 9.47 Å². The van der Waals surface area contributed by atoms with Crippen LogP contribution in [0.4, 0.5) is 11.6 Å². The Bertz CT molecular complexity index is 1170. The first-order valence-corrected chi connectivity index (χ1v) is 10.7. The summed E-state index contributed by atoms with van der Waals surface area (Å²) in [6.45, 7) is 4.68. The van der Waals surface area contributed by atoms with Crippen LogP contribution in [0.25, 0.3) is 11.0 Å². The molecule has 10 nitrogen and oxygen atoms in total. The van der Waals surface area contributed by atoms with Crippen molar-refractivity contribution in [1.82, 2.24) is 24.3 Å². The SMILES string of the molecule is C[C@H]1COC[C@@H]1n1c(C#N)cc2cnc(Nc3cn(C4COC4)nc3OC3CC3)nc21. The number of nitriles is 1. The topological polar surface area (TPSA) is 112 Å². The van der Waals surface area contributed by atoms with Crippen molar-refractivity contribution in [1.29, 1.82) is 5.26 Å². The van der Waals surface area contributed by atoms with E-state index >= 15 is 0 Å². The molecule has 10 heteroatoms. The molecule has 1 saturated carbocycles. The van der Waals surface area contributed by atoms with E-state index in [1.165, 1.54) is 0 Å². The molecule has 3 aromatic heterocycles. The molecule has 0 amide bonds. The quantitative estimate of drug-likeness (QED) is 0.646. The first kappa shape index (κ1) is 18.6. The fraction of sp³-hybridized carbons (Fsp3) is 0.524. The van der Waals surface area contributed by atoms with E-state index in [9.17, 15) is 5.26 Å². The second-order valence-electron chi connectivity index (χ2n) is 8.53. The lowest BCUT2D eigenvalue weighted by Gasteiger charge is -2.25. The predicted molar refractivity (Wildman–Crippen MR) is 110 cm³/mol. The summed E-state index contributed by atoms with van der Waals surface area (Å²) >= 11 is 0. The molecule has 0 aromatic carbocycles. The normalized spacial score (nSPS) is 23.6. The molecule has 2 atom stereocenters. The molecule has 2 saturated heterocycles. The van der Waals surface area contributed by atoms with Gasteiger partial charge in [-0.15, -0.1) is 5.10 Å². The molecule has 5 heterocycles. The minimum Gasteiger partial charge on any atom is -0.472 e. The number of hydrogen-bond acceptors (Lipinski definition) is 8. The average molecular weight is 421 g/mol. The lowest BCUT2D eigenvalue weighted by atomic mass is 10.1. The summed E-state index contributed by atoms with van der Waals surface area (Å²) < 4.78 is 20.8. The Balaban J connectivity index is 1.36. The van der Waals surface area contributed by atoms with Crippen LogP contribution in [0.5, 0.6) is 5.88 Å². The molecule has 0 unspecified atom stereocenters. The summed E-state index contributed by atoms with van der Waals surface area (Å²) in [5.74, 6) is 1.30. The highest BCUT2D eigenvalue weighted by atomic mass is 16.5. The number of fused-ring (bicyclic) bond motifs is 1. The fourth-order valence-corrected chi connectivity index (χ4v) is 4.04. The fourth-order valence-electron chi connectivity index (χ4n) is 4.04. The van der Waals surface area contributed by atoms with Gasteiger partial charge in [-0.3, -0.25) is 4.68 Å². The third-order valence-corrected chi connectivity index (χ3v) is 6.09. The maximum Gasteiger partial charge on any atom is 0.257 e. The number of anilines is 2.